The zero-order chi connectivity index (χ0) is 18.1. The highest BCUT2D eigenvalue weighted by atomic mass is 16.5. The smallest absolute Gasteiger partial charge is 0.193 e. The first-order chi connectivity index (χ1) is 12.1. The molecule has 1 atom stereocenters. The summed E-state index contributed by atoms with van der Waals surface area (Å²) in [4.78, 5) is 9.51. The van der Waals surface area contributed by atoms with Crippen LogP contribution in [0.25, 0.3) is 0 Å². The second kappa shape index (κ2) is 10.3. The highest BCUT2D eigenvalue weighted by Crippen LogP contribution is 2.16. The lowest BCUT2D eigenvalue weighted by Crippen LogP contribution is -2.39. The molecular weight excluding hydrogens is 312 g/mol. The van der Waals surface area contributed by atoms with E-state index in [0.29, 0.717) is 12.5 Å². The number of nitrogens with one attached hydrogen (secondary N) is 1. The Morgan fingerprint density at radius 1 is 1.32 bits per heavy atom. The van der Waals surface area contributed by atoms with Crippen LogP contribution in [-0.2, 0) is 6.54 Å². The van der Waals surface area contributed by atoms with Crippen LogP contribution in [0, 0.1) is 5.92 Å². The topological polar surface area (TPSA) is 40.1 Å². The molecule has 1 aliphatic heterocycles. The molecule has 1 aromatic carbocycles. The summed E-state index contributed by atoms with van der Waals surface area (Å²) in [7, 11) is 4.31. The molecule has 0 radical (unpaired) electrons. The van der Waals surface area contributed by atoms with E-state index in [2.05, 4.69) is 48.3 Å². The van der Waals surface area contributed by atoms with Crippen molar-refractivity contribution in [3.05, 3.63) is 29.8 Å². The molecule has 1 heterocycles. The number of nitrogens with zero attached hydrogens (tertiary/aromatic N) is 3. The average Bonchev–Trinajstić information content (AvgIpc) is 2.60. The predicted octanol–water partition coefficient (Wildman–Crippen LogP) is 2.82. The zero-order valence-electron chi connectivity index (χ0n) is 16.3. The van der Waals surface area contributed by atoms with Crippen molar-refractivity contribution in [2.24, 2.45) is 10.9 Å². The first-order valence-corrected chi connectivity index (χ1v) is 9.52. The number of hydrogen-bond acceptors (Lipinski definition) is 3. The van der Waals surface area contributed by atoms with Crippen molar-refractivity contribution in [2.75, 3.05) is 46.9 Å². The normalized spacial score (nSPS) is 18.9. The third-order valence-electron chi connectivity index (χ3n) is 4.57. The van der Waals surface area contributed by atoms with Crippen molar-refractivity contribution in [2.45, 2.75) is 33.2 Å². The Bertz CT molecular complexity index is 529. The van der Waals surface area contributed by atoms with E-state index in [-0.39, 0.29) is 0 Å². The van der Waals surface area contributed by atoms with E-state index in [1.54, 1.807) is 0 Å². The lowest BCUT2D eigenvalue weighted by molar-refractivity contribution is 0.214. The average molecular weight is 347 g/mol. The number of ether oxygens (including phenoxy) is 1. The van der Waals surface area contributed by atoms with Gasteiger partial charge in [-0.25, -0.2) is 0 Å². The van der Waals surface area contributed by atoms with E-state index in [0.717, 1.165) is 37.9 Å². The zero-order valence-corrected chi connectivity index (χ0v) is 16.3. The van der Waals surface area contributed by atoms with Crippen molar-refractivity contribution in [1.82, 2.24) is 15.1 Å². The third-order valence-corrected chi connectivity index (χ3v) is 4.57. The fraction of sp³-hybridized carbons (Fsp3) is 0.650. The maximum atomic E-state index is 5.51. The molecule has 25 heavy (non-hydrogen) atoms. The van der Waals surface area contributed by atoms with E-state index < -0.39 is 0 Å². The summed E-state index contributed by atoms with van der Waals surface area (Å²) in [6.07, 6.45) is 2.57. The van der Waals surface area contributed by atoms with Crippen LogP contribution in [0.1, 0.15) is 32.3 Å². The van der Waals surface area contributed by atoms with Gasteiger partial charge in [-0.05, 0) is 63.9 Å². The van der Waals surface area contributed by atoms with Crippen molar-refractivity contribution < 1.29 is 4.74 Å². The Labute approximate surface area is 153 Å². The van der Waals surface area contributed by atoms with Crippen molar-refractivity contribution in [3.8, 4) is 5.75 Å². The van der Waals surface area contributed by atoms with Crippen LogP contribution in [0.4, 0.5) is 0 Å². The number of guanidine groups is 1. The lowest BCUT2D eigenvalue weighted by Gasteiger charge is -2.29. The first kappa shape index (κ1) is 19.6. The summed E-state index contributed by atoms with van der Waals surface area (Å²) in [5, 5.41) is 3.42. The van der Waals surface area contributed by atoms with E-state index in [1.165, 1.54) is 24.9 Å². The monoisotopic (exact) mass is 346 g/mol. The molecule has 0 bridgehead atoms. The molecule has 140 valence electrons. The second-order valence-corrected chi connectivity index (χ2v) is 6.90. The van der Waals surface area contributed by atoms with Crippen LogP contribution in [0.2, 0.25) is 0 Å². The van der Waals surface area contributed by atoms with E-state index in [1.807, 2.05) is 19.1 Å². The predicted molar refractivity (Wildman–Crippen MR) is 105 cm³/mol. The Balaban J connectivity index is 1.93. The Hall–Kier alpha value is -1.75. The van der Waals surface area contributed by atoms with Gasteiger partial charge in [0.1, 0.15) is 5.75 Å². The van der Waals surface area contributed by atoms with Gasteiger partial charge < -0.3 is 19.9 Å². The summed E-state index contributed by atoms with van der Waals surface area (Å²) in [6.45, 7) is 9.83. The van der Waals surface area contributed by atoms with Crippen LogP contribution in [-0.4, -0.2) is 62.6 Å². The molecule has 1 aliphatic rings. The molecular formula is C20H34N4O. The summed E-state index contributed by atoms with van der Waals surface area (Å²) < 4.78 is 5.51. The van der Waals surface area contributed by atoms with Gasteiger partial charge in [-0.3, -0.25) is 4.99 Å². The molecule has 1 unspecified atom stereocenters. The second-order valence-electron chi connectivity index (χ2n) is 6.90. The third kappa shape index (κ3) is 6.58. The van der Waals surface area contributed by atoms with Gasteiger partial charge in [-0.15, -0.1) is 0 Å². The van der Waals surface area contributed by atoms with Gasteiger partial charge in [-0.1, -0.05) is 12.1 Å². The molecule has 1 saturated heterocycles. The van der Waals surface area contributed by atoms with Gasteiger partial charge in [0.15, 0.2) is 5.96 Å². The van der Waals surface area contributed by atoms with Crippen LogP contribution < -0.4 is 10.1 Å². The van der Waals surface area contributed by atoms with Crippen LogP contribution in [0.15, 0.2) is 29.3 Å². The van der Waals surface area contributed by atoms with Gasteiger partial charge in [0.25, 0.3) is 0 Å². The number of rotatable bonds is 7. The number of likely N-dealkylation sites (tertiary alicyclic amines) is 1. The maximum Gasteiger partial charge on any atom is 0.193 e. The molecule has 0 amide bonds. The molecule has 5 heteroatoms. The largest absolute Gasteiger partial charge is 0.494 e. The standard InChI is InChI=1S/C20H34N4O/c1-5-21-20(22-14-18-8-7-13-23(3)15-18)24(4)16-17-9-11-19(12-10-17)25-6-2/h9-12,18H,5-8,13-16H2,1-4H3,(H,21,22). The maximum absolute atomic E-state index is 5.51. The minimum Gasteiger partial charge on any atom is -0.494 e. The minimum absolute atomic E-state index is 0.672. The van der Waals surface area contributed by atoms with Crippen molar-refractivity contribution in [3.63, 3.8) is 0 Å². The molecule has 0 aromatic heterocycles. The van der Waals surface area contributed by atoms with Gasteiger partial charge in [0.2, 0.25) is 0 Å². The SMILES string of the molecule is CCNC(=NCC1CCCN(C)C1)N(C)Cc1ccc(OCC)cc1. The molecule has 5 nitrogen and oxygen atoms in total. The van der Waals surface area contributed by atoms with Crippen LogP contribution in [0.5, 0.6) is 5.75 Å². The Morgan fingerprint density at radius 3 is 2.72 bits per heavy atom. The Kier molecular flexibility index (Phi) is 8.06. The first-order valence-electron chi connectivity index (χ1n) is 9.52. The van der Waals surface area contributed by atoms with Crippen LogP contribution >= 0.6 is 0 Å². The highest BCUT2D eigenvalue weighted by Gasteiger charge is 2.17. The Morgan fingerprint density at radius 2 is 2.08 bits per heavy atom. The van der Waals surface area contributed by atoms with Gasteiger partial charge in [0, 0.05) is 33.2 Å². The van der Waals surface area contributed by atoms with E-state index in [9.17, 15) is 0 Å². The molecule has 1 N–H and O–H groups in total. The van der Waals surface area contributed by atoms with Crippen LogP contribution in [0.3, 0.4) is 0 Å². The summed E-state index contributed by atoms with van der Waals surface area (Å²) >= 11 is 0. The summed E-state index contributed by atoms with van der Waals surface area (Å²) in [5.41, 5.74) is 1.26. The fourth-order valence-electron chi connectivity index (χ4n) is 3.31. The van der Waals surface area contributed by atoms with Crippen molar-refractivity contribution >= 4 is 5.96 Å². The highest BCUT2D eigenvalue weighted by molar-refractivity contribution is 5.79. The summed E-state index contributed by atoms with van der Waals surface area (Å²) in [5.74, 6) is 2.59. The minimum atomic E-state index is 0.672. The molecule has 1 aromatic rings. The number of hydrogen-bond donors (Lipinski definition) is 1. The van der Waals surface area contributed by atoms with Gasteiger partial charge in [-0.2, -0.15) is 0 Å². The quantitative estimate of drug-likeness (QED) is 0.609. The van der Waals surface area contributed by atoms with Gasteiger partial charge >= 0.3 is 0 Å². The molecule has 0 spiro atoms. The molecule has 2 rings (SSSR count). The molecule has 1 fully saturated rings. The van der Waals surface area contributed by atoms with E-state index >= 15 is 0 Å². The fourth-order valence-corrected chi connectivity index (χ4v) is 3.31. The van der Waals surface area contributed by atoms with E-state index in [4.69, 9.17) is 9.73 Å². The summed E-state index contributed by atoms with van der Waals surface area (Å²) in [6, 6.07) is 8.32. The molecule has 0 saturated carbocycles. The molecule has 0 aliphatic carbocycles. The lowest BCUT2D eigenvalue weighted by atomic mass is 9.99. The number of benzene rings is 1. The number of aliphatic imine (C=N–C) groups is 1. The number of piperidine rings is 1. The van der Waals surface area contributed by atoms with Crippen molar-refractivity contribution in [1.29, 1.82) is 0 Å². The van der Waals surface area contributed by atoms with Gasteiger partial charge in [0.05, 0.1) is 6.61 Å².